The normalized spacial score (nSPS) is 26.6. The molecule has 0 bridgehead atoms. The third-order valence-corrected chi connectivity index (χ3v) is 2.30. The fourth-order valence-electron chi connectivity index (χ4n) is 1.55. The van der Waals surface area contributed by atoms with Gasteiger partial charge in [-0.15, -0.1) is 0 Å². The summed E-state index contributed by atoms with van der Waals surface area (Å²) >= 11 is 0. The van der Waals surface area contributed by atoms with Crippen LogP contribution in [0.4, 0.5) is 0 Å². The minimum absolute atomic E-state index is 0.246. The molecule has 0 radical (unpaired) electrons. The Balaban J connectivity index is 2.74. The molecule has 1 aliphatic heterocycles. The van der Waals surface area contributed by atoms with Gasteiger partial charge in [-0.05, 0) is 26.7 Å². The van der Waals surface area contributed by atoms with Crippen LogP contribution in [0.3, 0.4) is 0 Å². The molecule has 0 aromatic heterocycles. The van der Waals surface area contributed by atoms with Gasteiger partial charge in [0.2, 0.25) is 0 Å². The minimum atomic E-state index is -0.295. The van der Waals surface area contributed by atoms with Gasteiger partial charge in [-0.1, -0.05) is 0 Å². The van der Waals surface area contributed by atoms with Crippen LogP contribution in [0.2, 0.25) is 0 Å². The van der Waals surface area contributed by atoms with Crippen LogP contribution in [-0.2, 0) is 14.3 Å². The predicted octanol–water partition coefficient (Wildman–Crippen LogP) is 1.39. The van der Waals surface area contributed by atoms with Gasteiger partial charge in [0.05, 0.1) is 19.8 Å². The smallest absolute Gasteiger partial charge is 0.318 e. The standard InChI is InChI=1S/C10H17NO3/c1-4-14-9-8(10(12)13-3)6-5-7(2)11-9/h7-8H,4-6H2,1-3H3/t7-,8-/m1/s1. The number of methoxy groups -OCH3 is 1. The Morgan fingerprint density at radius 1 is 1.57 bits per heavy atom. The molecule has 80 valence electrons. The van der Waals surface area contributed by atoms with E-state index in [4.69, 9.17) is 9.47 Å². The maximum Gasteiger partial charge on any atom is 0.318 e. The van der Waals surface area contributed by atoms with Crippen LogP contribution in [0, 0.1) is 5.92 Å². The molecular formula is C10H17NO3. The number of hydrogen-bond acceptors (Lipinski definition) is 4. The zero-order chi connectivity index (χ0) is 10.6. The van der Waals surface area contributed by atoms with E-state index in [-0.39, 0.29) is 17.9 Å². The number of carbonyl (C=O) groups is 1. The summed E-state index contributed by atoms with van der Waals surface area (Å²) in [7, 11) is 1.39. The second-order valence-corrected chi connectivity index (χ2v) is 3.40. The molecule has 1 rings (SSSR count). The van der Waals surface area contributed by atoms with E-state index in [0.717, 1.165) is 12.8 Å². The van der Waals surface area contributed by atoms with E-state index < -0.39 is 0 Å². The van der Waals surface area contributed by atoms with Crippen molar-refractivity contribution in [3.8, 4) is 0 Å². The van der Waals surface area contributed by atoms with Gasteiger partial charge in [0, 0.05) is 0 Å². The average Bonchev–Trinajstić information content (AvgIpc) is 2.17. The summed E-state index contributed by atoms with van der Waals surface area (Å²) in [6.07, 6.45) is 1.68. The molecule has 0 unspecified atom stereocenters. The molecule has 0 saturated heterocycles. The Morgan fingerprint density at radius 2 is 2.29 bits per heavy atom. The fourth-order valence-corrected chi connectivity index (χ4v) is 1.55. The molecule has 1 aliphatic rings. The Bertz CT molecular complexity index is 238. The van der Waals surface area contributed by atoms with E-state index in [1.165, 1.54) is 7.11 Å². The third-order valence-electron chi connectivity index (χ3n) is 2.30. The molecule has 0 aromatic carbocycles. The first-order chi connectivity index (χ1) is 6.69. The van der Waals surface area contributed by atoms with Crippen LogP contribution in [0.1, 0.15) is 26.7 Å². The number of carbonyl (C=O) groups excluding carboxylic acids is 1. The molecule has 1 heterocycles. The molecule has 4 heteroatoms. The van der Waals surface area contributed by atoms with Gasteiger partial charge >= 0.3 is 5.97 Å². The molecule has 0 spiro atoms. The molecule has 0 fully saturated rings. The highest BCUT2D eigenvalue weighted by atomic mass is 16.5. The van der Waals surface area contributed by atoms with E-state index in [2.05, 4.69) is 4.99 Å². The van der Waals surface area contributed by atoms with Gasteiger partial charge in [0.1, 0.15) is 5.92 Å². The van der Waals surface area contributed by atoms with Gasteiger partial charge < -0.3 is 9.47 Å². The summed E-state index contributed by atoms with van der Waals surface area (Å²) in [5, 5.41) is 0. The number of rotatable bonds is 2. The Hall–Kier alpha value is -1.06. The Kier molecular flexibility index (Phi) is 3.92. The summed E-state index contributed by atoms with van der Waals surface area (Å²) in [6, 6.07) is 0.248. The SMILES string of the molecule is CCOC1=N[C@H](C)CC[C@H]1C(=O)OC. The number of aliphatic imine (C=N–C) groups is 1. The van der Waals surface area contributed by atoms with Gasteiger partial charge in [0.25, 0.3) is 0 Å². The van der Waals surface area contributed by atoms with Crippen molar-refractivity contribution in [3.05, 3.63) is 0 Å². The van der Waals surface area contributed by atoms with Crippen LogP contribution in [-0.4, -0.2) is 31.6 Å². The first kappa shape index (κ1) is 11.0. The minimum Gasteiger partial charge on any atom is -0.481 e. The Labute approximate surface area is 84.3 Å². The predicted molar refractivity (Wildman–Crippen MR) is 53.3 cm³/mol. The van der Waals surface area contributed by atoms with Gasteiger partial charge in [0.15, 0.2) is 5.90 Å². The second kappa shape index (κ2) is 4.98. The van der Waals surface area contributed by atoms with Crippen LogP contribution >= 0.6 is 0 Å². The van der Waals surface area contributed by atoms with E-state index in [0.29, 0.717) is 12.5 Å². The van der Waals surface area contributed by atoms with Crippen molar-refractivity contribution in [2.45, 2.75) is 32.7 Å². The summed E-state index contributed by atoms with van der Waals surface area (Å²) in [5.41, 5.74) is 0. The highest BCUT2D eigenvalue weighted by molar-refractivity contribution is 5.98. The van der Waals surface area contributed by atoms with Crippen molar-refractivity contribution in [3.63, 3.8) is 0 Å². The molecule has 2 atom stereocenters. The fraction of sp³-hybridized carbons (Fsp3) is 0.800. The maximum atomic E-state index is 11.4. The van der Waals surface area contributed by atoms with Crippen molar-refractivity contribution >= 4 is 11.9 Å². The van der Waals surface area contributed by atoms with E-state index in [1.54, 1.807) is 0 Å². The van der Waals surface area contributed by atoms with Crippen molar-refractivity contribution < 1.29 is 14.3 Å². The quantitative estimate of drug-likeness (QED) is 0.631. The maximum absolute atomic E-state index is 11.4. The molecule has 0 N–H and O–H groups in total. The first-order valence-corrected chi connectivity index (χ1v) is 4.97. The van der Waals surface area contributed by atoms with Crippen LogP contribution in [0.5, 0.6) is 0 Å². The topological polar surface area (TPSA) is 47.9 Å². The lowest BCUT2D eigenvalue weighted by Gasteiger charge is -2.23. The number of nitrogens with zero attached hydrogens (tertiary/aromatic N) is 1. The molecule has 4 nitrogen and oxygen atoms in total. The largest absolute Gasteiger partial charge is 0.481 e. The highest BCUT2D eigenvalue weighted by Gasteiger charge is 2.30. The zero-order valence-electron chi connectivity index (χ0n) is 8.95. The molecule has 0 amide bonds. The zero-order valence-corrected chi connectivity index (χ0v) is 8.95. The lowest BCUT2D eigenvalue weighted by atomic mass is 9.97. The summed E-state index contributed by atoms with van der Waals surface area (Å²) in [6.45, 7) is 4.45. The van der Waals surface area contributed by atoms with Crippen molar-refractivity contribution in [1.82, 2.24) is 0 Å². The monoisotopic (exact) mass is 199 g/mol. The molecule has 0 aromatic rings. The second-order valence-electron chi connectivity index (χ2n) is 3.40. The molecule has 0 saturated carbocycles. The summed E-state index contributed by atoms with van der Waals surface area (Å²) in [4.78, 5) is 15.7. The number of esters is 1. The summed E-state index contributed by atoms with van der Waals surface area (Å²) in [5.74, 6) is -0.00153. The van der Waals surface area contributed by atoms with Crippen LogP contribution in [0.15, 0.2) is 4.99 Å². The van der Waals surface area contributed by atoms with Gasteiger partial charge in [-0.2, -0.15) is 0 Å². The number of ether oxygens (including phenoxy) is 2. The van der Waals surface area contributed by atoms with Crippen LogP contribution < -0.4 is 0 Å². The third kappa shape index (κ3) is 2.47. The van der Waals surface area contributed by atoms with Crippen molar-refractivity contribution in [2.24, 2.45) is 10.9 Å². The average molecular weight is 199 g/mol. The highest BCUT2D eigenvalue weighted by Crippen LogP contribution is 2.21. The Morgan fingerprint density at radius 3 is 2.86 bits per heavy atom. The van der Waals surface area contributed by atoms with Gasteiger partial charge in [-0.25, -0.2) is 0 Å². The van der Waals surface area contributed by atoms with E-state index in [9.17, 15) is 4.79 Å². The first-order valence-electron chi connectivity index (χ1n) is 4.97. The number of hydrogen-bond donors (Lipinski definition) is 0. The van der Waals surface area contributed by atoms with Crippen LogP contribution in [0.25, 0.3) is 0 Å². The lowest BCUT2D eigenvalue weighted by Crippen LogP contribution is -2.32. The molecule has 14 heavy (non-hydrogen) atoms. The van der Waals surface area contributed by atoms with Crippen molar-refractivity contribution in [1.29, 1.82) is 0 Å². The van der Waals surface area contributed by atoms with Gasteiger partial charge in [-0.3, -0.25) is 9.79 Å². The summed E-state index contributed by atoms with van der Waals surface area (Å²) < 4.78 is 10.0. The van der Waals surface area contributed by atoms with E-state index >= 15 is 0 Å². The van der Waals surface area contributed by atoms with E-state index in [1.807, 2.05) is 13.8 Å². The molecule has 0 aliphatic carbocycles. The lowest BCUT2D eigenvalue weighted by molar-refractivity contribution is -0.143. The van der Waals surface area contributed by atoms with Crippen molar-refractivity contribution in [2.75, 3.05) is 13.7 Å². The molecular weight excluding hydrogens is 182 g/mol.